The van der Waals surface area contributed by atoms with E-state index in [-0.39, 0.29) is 17.8 Å². The lowest BCUT2D eigenvalue weighted by molar-refractivity contribution is -0.142. The number of carbonyl (C=O) groups excluding carboxylic acids is 1. The van der Waals surface area contributed by atoms with Crippen molar-refractivity contribution in [2.45, 2.75) is 19.4 Å². The van der Waals surface area contributed by atoms with E-state index in [1.807, 2.05) is 0 Å². The lowest BCUT2D eigenvalue weighted by Gasteiger charge is -2.11. The molecule has 0 amide bonds. The van der Waals surface area contributed by atoms with E-state index < -0.39 is 0 Å². The van der Waals surface area contributed by atoms with Crippen molar-refractivity contribution in [2.24, 2.45) is 0 Å². The summed E-state index contributed by atoms with van der Waals surface area (Å²) in [7, 11) is 1.34. The summed E-state index contributed by atoms with van der Waals surface area (Å²) >= 11 is 0. The Kier molecular flexibility index (Phi) is 4.92. The van der Waals surface area contributed by atoms with Crippen LogP contribution in [0.4, 0.5) is 4.39 Å². The van der Waals surface area contributed by atoms with E-state index in [1.165, 1.54) is 13.2 Å². The molecule has 1 aromatic rings. The van der Waals surface area contributed by atoms with E-state index in [9.17, 15) is 9.18 Å². The molecular weight excluding hydrogens is 209 g/mol. The molecule has 16 heavy (non-hydrogen) atoms. The third-order valence-electron chi connectivity index (χ3n) is 2.36. The third kappa shape index (κ3) is 3.62. The number of methoxy groups -OCH3 is 1. The van der Waals surface area contributed by atoms with Gasteiger partial charge in [0.2, 0.25) is 0 Å². The van der Waals surface area contributed by atoms with E-state index >= 15 is 0 Å². The Hall–Kier alpha value is -1.42. The summed E-state index contributed by atoms with van der Waals surface area (Å²) in [6.07, 6.45) is 0.550. The Morgan fingerprint density at radius 1 is 1.50 bits per heavy atom. The van der Waals surface area contributed by atoms with Crippen molar-refractivity contribution in [3.05, 3.63) is 35.6 Å². The van der Waals surface area contributed by atoms with E-state index in [4.69, 9.17) is 0 Å². The number of hydrogen-bond acceptors (Lipinski definition) is 3. The zero-order valence-electron chi connectivity index (χ0n) is 9.50. The molecule has 1 aromatic carbocycles. The average molecular weight is 225 g/mol. The molecule has 1 atom stereocenters. The fourth-order valence-corrected chi connectivity index (χ4v) is 1.38. The molecule has 0 heterocycles. The van der Waals surface area contributed by atoms with Crippen LogP contribution in [-0.4, -0.2) is 25.7 Å². The Morgan fingerprint density at radius 3 is 2.81 bits per heavy atom. The normalized spacial score (nSPS) is 12.2. The molecule has 0 aromatic heterocycles. The van der Waals surface area contributed by atoms with Crippen LogP contribution in [0.3, 0.4) is 0 Å². The minimum atomic E-state index is -0.364. The van der Waals surface area contributed by atoms with Gasteiger partial charge in [0.25, 0.3) is 0 Å². The summed E-state index contributed by atoms with van der Waals surface area (Å²) in [5.41, 5.74) is 0.645. The number of halogens is 1. The van der Waals surface area contributed by atoms with E-state index in [1.54, 1.807) is 25.1 Å². The van der Waals surface area contributed by atoms with Crippen molar-refractivity contribution >= 4 is 5.97 Å². The number of carbonyl (C=O) groups is 1. The van der Waals surface area contributed by atoms with Crippen LogP contribution < -0.4 is 5.32 Å². The molecule has 1 unspecified atom stereocenters. The van der Waals surface area contributed by atoms with E-state index in [0.29, 0.717) is 18.5 Å². The Bertz CT molecular complexity index is 355. The van der Waals surface area contributed by atoms with Crippen molar-refractivity contribution in [3.63, 3.8) is 0 Å². The first-order chi connectivity index (χ1) is 7.65. The minimum Gasteiger partial charge on any atom is -0.468 e. The van der Waals surface area contributed by atoms with Crippen molar-refractivity contribution in [2.75, 3.05) is 13.7 Å². The van der Waals surface area contributed by atoms with Gasteiger partial charge in [-0.25, -0.2) is 4.39 Å². The molecule has 88 valence electrons. The molecule has 1 rings (SSSR count). The summed E-state index contributed by atoms with van der Waals surface area (Å²) in [6.45, 7) is 2.25. The lowest BCUT2D eigenvalue weighted by atomic mass is 10.1. The average Bonchev–Trinajstić information content (AvgIpc) is 2.30. The molecular formula is C12H16FNO2. The van der Waals surface area contributed by atoms with Gasteiger partial charge in [-0.05, 0) is 25.0 Å². The fourth-order valence-electron chi connectivity index (χ4n) is 1.38. The zero-order valence-corrected chi connectivity index (χ0v) is 9.50. The lowest BCUT2D eigenvalue weighted by Crippen LogP contribution is -2.36. The van der Waals surface area contributed by atoms with Crippen molar-refractivity contribution in [3.8, 4) is 0 Å². The van der Waals surface area contributed by atoms with Gasteiger partial charge in [0.15, 0.2) is 0 Å². The SMILES string of the molecule is COC(=O)C(C)NCCc1ccccc1F. The standard InChI is InChI=1S/C12H16FNO2/c1-9(12(15)16-2)14-8-7-10-5-3-4-6-11(10)13/h3-6,9,14H,7-8H2,1-2H3. The molecule has 0 radical (unpaired) electrons. The number of esters is 1. The van der Waals surface area contributed by atoms with Crippen LogP contribution in [0.5, 0.6) is 0 Å². The number of ether oxygens (including phenoxy) is 1. The highest BCUT2D eigenvalue weighted by molar-refractivity contribution is 5.75. The van der Waals surface area contributed by atoms with Crippen LogP contribution in [0.1, 0.15) is 12.5 Å². The number of benzene rings is 1. The molecule has 0 fully saturated rings. The first-order valence-corrected chi connectivity index (χ1v) is 5.19. The molecule has 3 nitrogen and oxygen atoms in total. The van der Waals surface area contributed by atoms with Crippen LogP contribution in [-0.2, 0) is 16.0 Å². The van der Waals surface area contributed by atoms with Gasteiger partial charge in [-0.3, -0.25) is 4.79 Å². The predicted molar refractivity (Wildman–Crippen MR) is 59.6 cm³/mol. The zero-order chi connectivity index (χ0) is 12.0. The largest absolute Gasteiger partial charge is 0.468 e. The molecule has 0 spiro atoms. The molecule has 0 aliphatic heterocycles. The van der Waals surface area contributed by atoms with Gasteiger partial charge in [0.1, 0.15) is 11.9 Å². The smallest absolute Gasteiger partial charge is 0.322 e. The van der Waals surface area contributed by atoms with Gasteiger partial charge in [-0.2, -0.15) is 0 Å². The Labute approximate surface area is 94.6 Å². The fraction of sp³-hybridized carbons (Fsp3) is 0.417. The van der Waals surface area contributed by atoms with Gasteiger partial charge >= 0.3 is 5.97 Å². The molecule has 4 heteroatoms. The van der Waals surface area contributed by atoms with E-state index in [2.05, 4.69) is 10.1 Å². The molecule has 0 aliphatic carbocycles. The molecule has 0 saturated carbocycles. The van der Waals surface area contributed by atoms with Crippen molar-refractivity contribution in [1.82, 2.24) is 5.32 Å². The molecule has 1 N–H and O–H groups in total. The first kappa shape index (κ1) is 12.6. The number of hydrogen-bond donors (Lipinski definition) is 1. The summed E-state index contributed by atoms with van der Waals surface area (Å²) in [4.78, 5) is 11.1. The molecule has 0 aliphatic rings. The highest BCUT2D eigenvalue weighted by atomic mass is 19.1. The maximum Gasteiger partial charge on any atom is 0.322 e. The Morgan fingerprint density at radius 2 is 2.19 bits per heavy atom. The highest BCUT2D eigenvalue weighted by Gasteiger charge is 2.11. The maximum atomic E-state index is 13.2. The highest BCUT2D eigenvalue weighted by Crippen LogP contribution is 2.06. The van der Waals surface area contributed by atoms with Gasteiger partial charge in [-0.15, -0.1) is 0 Å². The van der Waals surface area contributed by atoms with Crippen LogP contribution >= 0.6 is 0 Å². The second kappa shape index (κ2) is 6.23. The first-order valence-electron chi connectivity index (χ1n) is 5.19. The summed E-state index contributed by atoms with van der Waals surface area (Å²) in [6, 6.07) is 6.25. The van der Waals surface area contributed by atoms with Crippen molar-refractivity contribution in [1.29, 1.82) is 0 Å². The number of rotatable bonds is 5. The van der Waals surface area contributed by atoms with Crippen LogP contribution in [0, 0.1) is 5.82 Å². The summed E-state index contributed by atoms with van der Waals surface area (Å²) < 4.78 is 17.8. The maximum absolute atomic E-state index is 13.2. The van der Waals surface area contributed by atoms with Gasteiger partial charge in [-0.1, -0.05) is 18.2 Å². The third-order valence-corrected chi connectivity index (χ3v) is 2.36. The summed E-state index contributed by atoms with van der Waals surface area (Å²) in [5, 5.41) is 2.97. The van der Waals surface area contributed by atoms with Crippen LogP contribution in [0.25, 0.3) is 0 Å². The van der Waals surface area contributed by atoms with Crippen molar-refractivity contribution < 1.29 is 13.9 Å². The minimum absolute atomic E-state index is 0.213. The molecule has 0 bridgehead atoms. The monoisotopic (exact) mass is 225 g/mol. The quantitative estimate of drug-likeness (QED) is 0.772. The topological polar surface area (TPSA) is 38.3 Å². The van der Waals surface area contributed by atoms with Gasteiger partial charge < -0.3 is 10.1 Å². The van der Waals surface area contributed by atoms with Crippen LogP contribution in [0.15, 0.2) is 24.3 Å². The number of nitrogens with one attached hydrogen (secondary N) is 1. The second-order valence-electron chi connectivity index (χ2n) is 3.54. The van der Waals surface area contributed by atoms with Gasteiger partial charge in [0, 0.05) is 6.54 Å². The van der Waals surface area contributed by atoms with E-state index in [0.717, 1.165) is 0 Å². The van der Waals surface area contributed by atoms with Crippen LogP contribution in [0.2, 0.25) is 0 Å². The second-order valence-corrected chi connectivity index (χ2v) is 3.54. The summed E-state index contributed by atoms with van der Waals surface area (Å²) in [5.74, 6) is -0.524. The predicted octanol–water partition coefficient (Wildman–Crippen LogP) is 1.52. The Balaban J connectivity index is 2.36. The molecule has 0 saturated heterocycles. The van der Waals surface area contributed by atoms with Gasteiger partial charge in [0.05, 0.1) is 7.11 Å².